The van der Waals surface area contributed by atoms with Gasteiger partial charge in [0.15, 0.2) is 0 Å². The molecule has 0 nitrogen and oxygen atoms in total. The first-order chi connectivity index (χ1) is 6.72. The van der Waals surface area contributed by atoms with Crippen LogP contribution in [0.25, 0.3) is 0 Å². The van der Waals surface area contributed by atoms with Crippen LogP contribution in [0.4, 0.5) is 0 Å². The van der Waals surface area contributed by atoms with Gasteiger partial charge in [-0.05, 0) is 67.6 Å². The summed E-state index contributed by atoms with van der Waals surface area (Å²) < 4.78 is 0. The maximum absolute atomic E-state index is 2.43. The molecule has 1 aromatic rings. The van der Waals surface area contributed by atoms with Crippen molar-refractivity contribution in [2.24, 2.45) is 5.92 Å². The third-order valence-corrected chi connectivity index (χ3v) is 4.23. The Labute approximate surface area is 86.3 Å². The van der Waals surface area contributed by atoms with Crippen LogP contribution in [-0.4, -0.2) is 0 Å². The summed E-state index contributed by atoms with van der Waals surface area (Å²) in [6.45, 7) is 4.44. The molecule has 0 aliphatic heterocycles. The maximum atomic E-state index is 2.43. The van der Waals surface area contributed by atoms with Crippen LogP contribution in [0.5, 0.6) is 0 Å². The summed E-state index contributed by atoms with van der Waals surface area (Å²) in [4.78, 5) is 0. The van der Waals surface area contributed by atoms with Crippen LogP contribution in [0.15, 0.2) is 18.2 Å². The predicted octanol–water partition coefficient (Wildman–Crippen LogP) is 3.75. The average molecular weight is 186 g/mol. The van der Waals surface area contributed by atoms with Gasteiger partial charge in [-0.1, -0.05) is 18.2 Å². The van der Waals surface area contributed by atoms with Gasteiger partial charge in [-0.25, -0.2) is 0 Å². The van der Waals surface area contributed by atoms with Crippen molar-refractivity contribution < 1.29 is 0 Å². The highest BCUT2D eigenvalue weighted by molar-refractivity contribution is 5.39. The maximum Gasteiger partial charge on any atom is -0.00180 e. The summed E-state index contributed by atoms with van der Waals surface area (Å²) in [5, 5.41) is 0. The van der Waals surface area contributed by atoms with Crippen LogP contribution in [0, 0.1) is 19.8 Å². The van der Waals surface area contributed by atoms with Crippen molar-refractivity contribution in [3.8, 4) is 0 Å². The van der Waals surface area contributed by atoms with Crippen LogP contribution in [-0.2, 0) is 5.41 Å². The number of aryl methyl sites for hydroxylation is 2. The van der Waals surface area contributed by atoms with Crippen LogP contribution in [0.2, 0.25) is 0 Å². The second-order valence-electron chi connectivity index (χ2n) is 5.23. The molecule has 2 aliphatic carbocycles. The first-order valence-corrected chi connectivity index (χ1v) is 5.80. The molecule has 2 aliphatic rings. The van der Waals surface area contributed by atoms with E-state index in [1.165, 1.54) is 36.8 Å². The molecule has 0 heteroatoms. The highest BCUT2D eigenvalue weighted by Gasteiger charge is 2.54. The molecule has 74 valence electrons. The summed E-state index contributed by atoms with van der Waals surface area (Å²) in [5.41, 5.74) is 5.16. The number of benzene rings is 1. The molecule has 14 heavy (non-hydrogen) atoms. The SMILES string of the molecule is Cc1ccc(C2(C3CC3)CC2)cc1C. The Morgan fingerprint density at radius 3 is 2.29 bits per heavy atom. The molecular weight excluding hydrogens is 168 g/mol. The van der Waals surface area contributed by atoms with Gasteiger partial charge in [0.05, 0.1) is 0 Å². The van der Waals surface area contributed by atoms with E-state index in [0.29, 0.717) is 5.41 Å². The lowest BCUT2D eigenvalue weighted by molar-refractivity contribution is 0.596. The molecule has 2 saturated carbocycles. The van der Waals surface area contributed by atoms with Gasteiger partial charge in [-0.3, -0.25) is 0 Å². The number of hydrogen-bond donors (Lipinski definition) is 0. The molecule has 0 aromatic heterocycles. The Kier molecular flexibility index (Phi) is 1.60. The van der Waals surface area contributed by atoms with Crippen molar-refractivity contribution in [2.45, 2.75) is 44.9 Å². The minimum absolute atomic E-state index is 0.637. The topological polar surface area (TPSA) is 0 Å². The summed E-state index contributed by atoms with van der Waals surface area (Å²) in [6.07, 6.45) is 5.85. The van der Waals surface area contributed by atoms with E-state index >= 15 is 0 Å². The van der Waals surface area contributed by atoms with Crippen molar-refractivity contribution in [3.05, 3.63) is 34.9 Å². The Balaban J connectivity index is 2.00. The van der Waals surface area contributed by atoms with Crippen LogP contribution < -0.4 is 0 Å². The summed E-state index contributed by atoms with van der Waals surface area (Å²) in [5.74, 6) is 1.03. The lowest BCUT2D eigenvalue weighted by Gasteiger charge is -2.16. The lowest BCUT2D eigenvalue weighted by atomic mass is 9.89. The van der Waals surface area contributed by atoms with Gasteiger partial charge in [-0.2, -0.15) is 0 Å². The normalized spacial score (nSPS) is 23.6. The van der Waals surface area contributed by atoms with Gasteiger partial charge in [0, 0.05) is 0 Å². The Bertz CT molecular complexity index is 368. The highest BCUT2D eigenvalue weighted by atomic mass is 14.6. The van der Waals surface area contributed by atoms with Crippen molar-refractivity contribution in [1.29, 1.82) is 0 Å². The largest absolute Gasteiger partial charge is 0.0588 e. The van der Waals surface area contributed by atoms with Gasteiger partial charge in [0.2, 0.25) is 0 Å². The smallest absolute Gasteiger partial charge is 0.00180 e. The third kappa shape index (κ3) is 1.13. The minimum atomic E-state index is 0.637. The van der Waals surface area contributed by atoms with Crippen molar-refractivity contribution in [3.63, 3.8) is 0 Å². The molecule has 0 radical (unpaired) electrons. The standard InChI is InChI=1S/C14H18/c1-10-3-4-13(9-11(10)2)14(7-8-14)12-5-6-12/h3-4,9,12H,5-8H2,1-2H3. The van der Waals surface area contributed by atoms with Gasteiger partial charge >= 0.3 is 0 Å². The van der Waals surface area contributed by atoms with E-state index in [2.05, 4.69) is 32.0 Å². The van der Waals surface area contributed by atoms with E-state index in [9.17, 15) is 0 Å². The molecule has 0 spiro atoms. The zero-order chi connectivity index (χ0) is 9.76. The number of hydrogen-bond acceptors (Lipinski definition) is 0. The Morgan fingerprint density at radius 1 is 1.07 bits per heavy atom. The fraction of sp³-hybridized carbons (Fsp3) is 0.571. The molecule has 0 heterocycles. The van der Waals surface area contributed by atoms with E-state index in [-0.39, 0.29) is 0 Å². The summed E-state index contributed by atoms with van der Waals surface area (Å²) >= 11 is 0. The Hall–Kier alpha value is -0.780. The number of rotatable bonds is 2. The minimum Gasteiger partial charge on any atom is -0.0588 e. The summed E-state index contributed by atoms with van der Waals surface area (Å²) in [7, 11) is 0. The monoisotopic (exact) mass is 186 g/mol. The van der Waals surface area contributed by atoms with Crippen LogP contribution in [0.1, 0.15) is 42.4 Å². The van der Waals surface area contributed by atoms with Crippen LogP contribution in [0.3, 0.4) is 0 Å². The van der Waals surface area contributed by atoms with E-state index in [0.717, 1.165) is 5.92 Å². The fourth-order valence-electron chi connectivity index (χ4n) is 2.75. The fourth-order valence-corrected chi connectivity index (χ4v) is 2.75. The van der Waals surface area contributed by atoms with E-state index in [4.69, 9.17) is 0 Å². The molecule has 0 N–H and O–H groups in total. The van der Waals surface area contributed by atoms with Gasteiger partial charge in [-0.15, -0.1) is 0 Å². The molecule has 1 aromatic carbocycles. The third-order valence-electron chi connectivity index (χ3n) is 4.23. The van der Waals surface area contributed by atoms with Gasteiger partial charge in [0.1, 0.15) is 0 Å². The van der Waals surface area contributed by atoms with Crippen molar-refractivity contribution in [2.75, 3.05) is 0 Å². The van der Waals surface area contributed by atoms with Crippen molar-refractivity contribution >= 4 is 0 Å². The molecule has 0 bridgehead atoms. The van der Waals surface area contributed by atoms with E-state index < -0.39 is 0 Å². The lowest BCUT2D eigenvalue weighted by Crippen LogP contribution is -2.09. The predicted molar refractivity (Wildman–Crippen MR) is 59.6 cm³/mol. The first kappa shape index (κ1) is 8.52. The summed E-state index contributed by atoms with van der Waals surface area (Å²) in [6, 6.07) is 7.10. The van der Waals surface area contributed by atoms with Crippen LogP contribution >= 0.6 is 0 Å². The van der Waals surface area contributed by atoms with Crippen molar-refractivity contribution in [1.82, 2.24) is 0 Å². The second kappa shape index (κ2) is 2.62. The molecule has 0 saturated heterocycles. The second-order valence-corrected chi connectivity index (χ2v) is 5.23. The highest BCUT2D eigenvalue weighted by Crippen LogP contribution is 2.62. The Morgan fingerprint density at radius 2 is 1.79 bits per heavy atom. The van der Waals surface area contributed by atoms with E-state index in [1.807, 2.05) is 0 Å². The zero-order valence-electron chi connectivity index (χ0n) is 9.14. The molecular formula is C14H18. The molecule has 0 amide bonds. The molecule has 0 unspecified atom stereocenters. The van der Waals surface area contributed by atoms with Gasteiger partial charge < -0.3 is 0 Å². The quantitative estimate of drug-likeness (QED) is 0.660. The first-order valence-electron chi connectivity index (χ1n) is 5.80. The molecule has 0 atom stereocenters. The average Bonchev–Trinajstić information content (AvgIpc) is 3.03. The zero-order valence-corrected chi connectivity index (χ0v) is 9.14. The molecule has 3 rings (SSSR count). The molecule has 2 fully saturated rings. The van der Waals surface area contributed by atoms with E-state index in [1.54, 1.807) is 5.56 Å². The van der Waals surface area contributed by atoms with Gasteiger partial charge in [0.25, 0.3) is 0 Å².